The lowest BCUT2D eigenvalue weighted by molar-refractivity contribution is 0.105. The highest BCUT2D eigenvalue weighted by atomic mass is 35.5. The monoisotopic (exact) mass is 301 g/mol. The van der Waals surface area contributed by atoms with Crippen molar-refractivity contribution in [1.82, 2.24) is 9.97 Å². The maximum Gasteiger partial charge on any atom is 0.224 e. The summed E-state index contributed by atoms with van der Waals surface area (Å²) in [6.07, 6.45) is 4.98. The first-order valence-electron chi connectivity index (χ1n) is 6.62. The Hall–Kier alpha value is -0.540. The SMILES string of the molecule is CC1(C)CC(Nc2nc(Cl)ncc2Cl)CC(C)(C)C1. The van der Waals surface area contributed by atoms with Crippen LogP contribution in [0.4, 0.5) is 5.82 Å². The second-order valence-electron chi connectivity index (χ2n) is 7.09. The Morgan fingerprint density at radius 3 is 2.32 bits per heavy atom. The molecule has 19 heavy (non-hydrogen) atoms. The van der Waals surface area contributed by atoms with Gasteiger partial charge < -0.3 is 5.32 Å². The van der Waals surface area contributed by atoms with Crippen molar-refractivity contribution < 1.29 is 0 Å². The summed E-state index contributed by atoms with van der Waals surface area (Å²) in [6.45, 7) is 9.27. The minimum atomic E-state index is 0.223. The lowest BCUT2D eigenvalue weighted by Crippen LogP contribution is -2.40. The molecule has 0 amide bonds. The first-order valence-corrected chi connectivity index (χ1v) is 7.37. The maximum atomic E-state index is 6.11. The number of anilines is 1. The van der Waals surface area contributed by atoms with Crippen molar-refractivity contribution in [2.75, 3.05) is 5.32 Å². The molecule has 1 heterocycles. The van der Waals surface area contributed by atoms with Crippen LogP contribution in [0.3, 0.4) is 0 Å². The molecule has 1 saturated carbocycles. The van der Waals surface area contributed by atoms with E-state index in [1.54, 1.807) is 6.20 Å². The van der Waals surface area contributed by atoms with Gasteiger partial charge in [0.05, 0.1) is 6.20 Å². The molecule has 1 fully saturated rings. The van der Waals surface area contributed by atoms with E-state index in [1.807, 2.05) is 0 Å². The Balaban J connectivity index is 2.16. The third-order valence-electron chi connectivity index (χ3n) is 3.61. The molecule has 0 radical (unpaired) electrons. The topological polar surface area (TPSA) is 37.8 Å². The predicted octanol–water partition coefficient (Wildman–Crippen LogP) is 4.80. The molecule has 0 aliphatic heterocycles. The number of hydrogen-bond donors (Lipinski definition) is 1. The van der Waals surface area contributed by atoms with Gasteiger partial charge in [-0.25, -0.2) is 4.98 Å². The molecular weight excluding hydrogens is 281 g/mol. The number of nitrogens with one attached hydrogen (secondary N) is 1. The third kappa shape index (κ3) is 3.96. The van der Waals surface area contributed by atoms with E-state index in [4.69, 9.17) is 23.2 Å². The Labute approximate surface area is 125 Å². The van der Waals surface area contributed by atoms with Gasteiger partial charge in [-0.2, -0.15) is 4.98 Å². The van der Waals surface area contributed by atoms with E-state index in [1.165, 1.54) is 6.42 Å². The van der Waals surface area contributed by atoms with Gasteiger partial charge in [0.15, 0.2) is 0 Å². The summed E-state index contributed by atoms with van der Waals surface area (Å²) >= 11 is 11.9. The van der Waals surface area contributed by atoms with Crippen LogP contribution in [0.1, 0.15) is 47.0 Å². The highest BCUT2D eigenvalue weighted by Crippen LogP contribution is 2.46. The average molecular weight is 302 g/mol. The van der Waals surface area contributed by atoms with Gasteiger partial charge in [-0.15, -0.1) is 0 Å². The van der Waals surface area contributed by atoms with E-state index in [9.17, 15) is 0 Å². The van der Waals surface area contributed by atoms with Gasteiger partial charge >= 0.3 is 0 Å². The third-order valence-corrected chi connectivity index (χ3v) is 4.07. The highest BCUT2D eigenvalue weighted by molar-refractivity contribution is 6.33. The Morgan fingerprint density at radius 1 is 1.16 bits per heavy atom. The molecule has 0 spiro atoms. The van der Waals surface area contributed by atoms with E-state index >= 15 is 0 Å². The fraction of sp³-hybridized carbons (Fsp3) is 0.714. The van der Waals surface area contributed by atoms with Crippen LogP contribution in [0.15, 0.2) is 6.20 Å². The molecule has 0 unspecified atom stereocenters. The van der Waals surface area contributed by atoms with Crippen molar-refractivity contribution in [2.24, 2.45) is 10.8 Å². The lowest BCUT2D eigenvalue weighted by Gasteiger charge is -2.45. The number of halogens is 2. The molecule has 5 heteroatoms. The average Bonchev–Trinajstić information content (AvgIpc) is 2.18. The van der Waals surface area contributed by atoms with Gasteiger partial charge in [-0.05, 0) is 41.7 Å². The highest BCUT2D eigenvalue weighted by Gasteiger charge is 2.38. The van der Waals surface area contributed by atoms with Gasteiger partial charge in [-0.1, -0.05) is 39.3 Å². The summed E-state index contributed by atoms with van der Waals surface area (Å²) in [4.78, 5) is 8.05. The molecule has 3 nitrogen and oxygen atoms in total. The van der Waals surface area contributed by atoms with Crippen LogP contribution >= 0.6 is 23.2 Å². The van der Waals surface area contributed by atoms with Gasteiger partial charge in [0, 0.05) is 6.04 Å². The van der Waals surface area contributed by atoms with Crippen LogP contribution in [0.25, 0.3) is 0 Å². The van der Waals surface area contributed by atoms with Crippen LogP contribution in [0.5, 0.6) is 0 Å². The van der Waals surface area contributed by atoms with Gasteiger partial charge in [0.25, 0.3) is 0 Å². The molecule has 0 aromatic carbocycles. The summed E-state index contributed by atoms with van der Waals surface area (Å²) in [5.74, 6) is 0.639. The molecule has 1 aliphatic rings. The van der Waals surface area contributed by atoms with Crippen LogP contribution < -0.4 is 5.32 Å². The summed E-state index contributed by atoms with van der Waals surface area (Å²) in [5, 5.41) is 4.18. The summed E-state index contributed by atoms with van der Waals surface area (Å²) in [7, 11) is 0. The van der Waals surface area contributed by atoms with Crippen molar-refractivity contribution in [2.45, 2.75) is 53.0 Å². The van der Waals surface area contributed by atoms with Crippen molar-refractivity contribution >= 4 is 29.0 Å². The normalized spacial score (nSPS) is 22.2. The minimum absolute atomic E-state index is 0.223. The van der Waals surface area contributed by atoms with E-state index in [2.05, 4.69) is 43.0 Å². The zero-order valence-electron chi connectivity index (χ0n) is 11.9. The van der Waals surface area contributed by atoms with E-state index in [-0.39, 0.29) is 5.28 Å². The molecule has 106 valence electrons. The van der Waals surface area contributed by atoms with Crippen molar-refractivity contribution in [3.05, 3.63) is 16.5 Å². The number of hydrogen-bond acceptors (Lipinski definition) is 3. The Kier molecular flexibility index (Phi) is 3.99. The smallest absolute Gasteiger partial charge is 0.224 e. The molecule has 0 atom stereocenters. The molecule has 1 aromatic rings. The van der Waals surface area contributed by atoms with E-state index < -0.39 is 0 Å². The fourth-order valence-corrected chi connectivity index (χ4v) is 3.87. The standard InChI is InChI=1S/C14H21Cl2N3/c1-13(2)5-9(6-14(3,4)8-13)18-11-10(15)7-17-12(16)19-11/h7,9H,5-6,8H2,1-4H3,(H,17,18,19). The van der Waals surface area contributed by atoms with Gasteiger partial charge in [0.2, 0.25) is 5.28 Å². The van der Waals surface area contributed by atoms with Crippen LogP contribution in [-0.2, 0) is 0 Å². The quantitative estimate of drug-likeness (QED) is 0.797. The largest absolute Gasteiger partial charge is 0.366 e. The lowest BCUT2D eigenvalue weighted by atomic mass is 9.63. The van der Waals surface area contributed by atoms with Crippen LogP contribution in [0, 0.1) is 10.8 Å². The minimum Gasteiger partial charge on any atom is -0.366 e. The zero-order chi connectivity index (χ0) is 14.3. The molecule has 1 N–H and O–H groups in total. The molecule has 0 saturated heterocycles. The van der Waals surface area contributed by atoms with Crippen LogP contribution in [-0.4, -0.2) is 16.0 Å². The molecule has 1 aliphatic carbocycles. The molecule has 0 bridgehead atoms. The fourth-order valence-electron chi connectivity index (χ4n) is 3.59. The molecular formula is C14H21Cl2N3. The molecule has 2 rings (SSSR count). The van der Waals surface area contributed by atoms with Crippen molar-refractivity contribution in [3.8, 4) is 0 Å². The predicted molar refractivity (Wildman–Crippen MR) is 80.9 cm³/mol. The summed E-state index contributed by atoms with van der Waals surface area (Å²) in [6, 6.07) is 0.363. The zero-order valence-corrected chi connectivity index (χ0v) is 13.4. The van der Waals surface area contributed by atoms with Crippen molar-refractivity contribution in [1.29, 1.82) is 0 Å². The summed E-state index contributed by atoms with van der Waals surface area (Å²) < 4.78 is 0. The van der Waals surface area contributed by atoms with E-state index in [0.29, 0.717) is 27.7 Å². The van der Waals surface area contributed by atoms with E-state index in [0.717, 1.165) is 12.8 Å². The second-order valence-corrected chi connectivity index (χ2v) is 7.84. The van der Waals surface area contributed by atoms with Crippen LogP contribution in [0.2, 0.25) is 10.3 Å². The number of nitrogens with zero attached hydrogens (tertiary/aromatic N) is 2. The molecule has 1 aromatic heterocycles. The Bertz CT molecular complexity index is 456. The maximum absolute atomic E-state index is 6.11. The van der Waals surface area contributed by atoms with Crippen molar-refractivity contribution in [3.63, 3.8) is 0 Å². The van der Waals surface area contributed by atoms with Gasteiger partial charge in [0.1, 0.15) is 10.8 Å². The Morgan fingerprint density at radius 2 is 1.74 bits per heavy atom. The second kappa shape index (κ2) is 5.10. The summed E-state index contributed by atoms with van der Waals surface area (Å²) in [5.41, 5.74) is 0.644. The number of rotatable bonds is 2. The first kappa shape index (κ1) is 14.9. The van der Waals surface area contributed by atoms with Gasteiger partial charge in [-0.3, -0.25) is 0 Å². The first-order chi connectivity index (χ1) is 8.67. The number of aromatic nitrogens is 2.